The number of rotatable bonds is 4. The average molecular weight is 229 g/mol. The molecule has 0 atom stereocenters. The minimum absolute atomic E-state index is 0.0192. The van der Waals surface area contributed by atoms with Gasteiger partial charge in [-0.2, -0.15) is 0 Å². The fourth-order valence-corrected chi connectivity index (χ4v) is 2.12. The number of carboxylic acids is 1. The molecule has 0 aromatic heterocycles. The molecule has 1 aliphatic rings. The fourth-order valence-electron chi connectivity index (χ4n) is 2.12. The molecule has 5 heteroatoms. The van der Waals surface area contributed by atoms with Crippen molar-refractivity contribution in [3.8, 4) is 0 Å². The van der Waals surface area contributed by atoms with Gasteiger partial charge in [-0.25, -0.2) is 0 Å². The third kappa shape index (κ3) is 2.72. The Kier molecular flexibility index (Phi) is 4.29. The first-order valence-corrected chi connectivity index (χ1v) is 5.50. The molecule has 1 amide bonds. The monoisotopic (exact) mass is 229 g/mol. The Morgan fingerprint density at radius 3 is 2.31 bits per heavy atom. The molecule has 0 radical (unpaired) electrons. The van der Waals surface area contributed by atoms with Gasteiger partial charge in [0.15, 0.2) is 0 Å². The number of carbonyl (C=O) groups excluding carboxylic acids is 1. The zero-order chi connectivity index (χ0) is 12.2. The van der Waals surface area contributed by atoms with E-state index in [-0.39, 0.29) is 5.91 Å². The summed E-state index contributed by atoms with van der Waals surface area (Å²) in [6, 6.07) is 0. The summed E-state index contributed by atoms with van der Waals surface area (Å²) in [4.78, 5) is 24.1. The van der Waals surface area contributed by atoms with Crippen LogP contribution in [0.5, 0.6) is 0 Å². The number of amides is 1. The largest absolute Gasteiger partial charge is 0.481 e. The second kappa shape index (κ2) is 5.30. The van der Waals surface area contributed by atoms with Gasteiger partial charge in [0, 0.05) is 33.7 Å². The maximum atomic E-state index is 11.3. The smallest absolute Gasteiger partial charge is 0.309 e. The molecule has 0 spiro atoms. The van der Waals surface area contributed by atoms with E-state index in [0.29, 0.717) is 39.0 Å². The lowest BCUT2D eigenvalue weighted by atomic mass is 9.76. The number of ether oxygens (including phenoxy) is 1. The third-order valence-corrected chi connectivity index (χ3v) is 3.40. The van der Waals surface area contributed by atoms with Gasteiger partial charge in [-0.05, 0) is 19.3 Å². The lowest BCUT2D eigenvalue weighted by Crippen LogP contribution is -2.46. The highest BCUT2D eigenvalue weighted by molar-refractivity contribution is 5.76. The van der Waals surface area contributed by atoms with Crippen molar-refractivity contribution in [3.05, 3.63) is 0 Å². The molecule has 1 saturated heterocycles. The molecule has 92 valence electrons. The van der Waals surface area contributed by atoms with Gasteiger partial charge in [-0.1, -0.05) is 0 Å². The summed E-state index contributed by atoms with van der Waals surface area (Å²) in [5.41, 5.74) is -0.706. The van der Waals surface area contributed by atoms with E-state index in [9.17, 15) is 14.7 Å². The quantitative estimate of drug-likeness (QED) is 0.772. The van der Waals surface area contributed by atoms with Gasteiger partial charge in [0.25, 0.3) is 0 Å². The van der Waals surface area contributed by atoms with Gasteiger partial charge in [0.05, 0.1) is 5.41 Å². The molecule has 1 heterocycles. The molecule has 0 aromatic carbocycles. The SMILES string of the molecule is COCCC1(C(=O)O)CCN(C(C)=O)CC1. The van der Waals surface area contributed by atoms with E-state index in [4.69, 9.17) is 4.74 Å². The summed E-state index contributed by atoms with van der Waals surface area (Å²) in [5.74, 6) is -0.751. The van der Waals surface area contributed by atoms with Crippen molar-refractivity contribution in [3.63, 3.8) is 0 Å². The lowest BCUT2D eigenvalue weighted by molar-refractivity contribution is -0.155. The zero-order valence-corrected chi connectivity index (χ0v) is 9.86. The molecule has 0 aliphatic carbocycles. The molecule has 1 aliphatic heterocycles. The predicted molar refractivity (Wildman–Crippen MR) is 58.0 cm³/mol. The van der Waals surface area contributed by atoms with E-state index < -0.39 is 11.4 Å². The average Bonchev–Trinajstić information content (AvgIpc) is 2.26. The molecular formula is C11H19NO4. The first-order chi connectivity index (χ1) is 7.52. The van der Waals surface area contributed by atoms with Gasteiger partial charge < -0.3 is 14.7 Å². The molecule has 5 nitrogen and oxygen atoms in total. The molecule has 0 unspecified atom stereocenters. The van der Waals surface area contributed by atoms with Crippen LogP contribution in [-0.2, 0) is 14.3 Å². The summed E-state index contributed by atoms with van der Waals surface area (Å²) >= 11 is 0. The molecule has 16 heavy (non-hydrogen) atoms. The minimum atomic E-state index is -0.771. The first-order valence-electron chi connectivity index (χ1n) is 5.50. The number of carboxylic acid groups (broad SMARTS) is 1. The number of carbonyl (C=O) groups is 2. The highest BCUT2D eigenvalue weighted by atomic mass is 16.5. The van der Waals surface area contributed by atoms with E-state index in [1.165, 1.54) is 6.92 Å². The topological polar surface area (TPSA) is 66.8 Å². The Bertz CT molecular complexity index is 269. The van der Waals surface area contributed by atoms with Crippen LogP contribution in [0.15, 0.2) is 0 Å². The summed E-state index contributed by atoms with van der Waals surface area (Å²) in [7, 11) is 1.57. The Morgan fingerprint density at radius 2 is 1.94 bits per heavy atom. The molecule has 0 bridgehead atoms. The Hall–Kier alpha value is -1.10. The van der Waals surface area contributed by atoms with Crippen molar-refractivity contribution < 1.29 is 19.4 Å². The van der Waals surface area contributed by atoms with E-state index in [0.717, 1.165) is 0 Å². The van der Waals surface area contributed by atoms with Gasteiger partial charge in [0.2, 0.25) is 5.91 Å². The zero-order valence-electron chi connectivity index (χ0n) is 9.86. The Morgan fingerprint density at radius 1 is 1.38 bits per heavy atom. The van der Waals surface area contributed by atoms with Crippen LogP contribution in [0.3, 0.4) is 0 Å². The first kappa shape index (κ1) is 13.0. The number of piperidine rings is 1. The number of likely N-dealkylation sites (tertiary alicyclic amines) is 1. The van der Waals surface area contributed by atoms with Crippen molar-refractivity contribution in [2.45, 2.75) is 26.2 Å². The summed E-state index contributed by atoms with van der Waals surface area (Å²) in [5, 5.41) is 9.28. The maximum Gasteiger partial charge on any atom is 0.309 e. The number of hydrogen-bond acceptors (Lipinski definition) is 3. The van der Waals surface area contributed by atoms with E-state index in [1.807, 2.05) is 0 Å². The Labute approximate surface area is 95.4 Å². The van der Waals surface area contributed by atoms with Crippen LogP contribution >= 0.6 is 0 Å². The lowest BCUT2D eigenvalue weighted by Gasteiger charge is -2.38. The van der Waals surface area contributed by atoms with E-state index in [2.05, 4.69) is 0 Å². The van der Waals surface area contributed by atoms with Crippen LogP contribution in [0.25, 0.3) is 0 Å². The van der Waals surface area contributed by atoms with Gasteiger partial charge in [0.1, 0.15) is 0 Å². The number of hydrogen-bond donors (Lipinski definition) is 1. The van der Waals surface area contributed by atoms with E-state index in [1.54, 1.807) is 12.0 Å². The van der Waals surface area contributed by atoms with Crippen molar-refractivity contribution in [2.24, 2.45) is 5.41 Å². The molecule has 0 saturated carbocycles. The number of nitrogens with zero attached hydrogens (tertiary/aromatic N) is 1. The van der Waals surface area contributed by atoms with Crippen LogP contribution in [-0.4, -0.2) is 48.7 Å². The normalized spacial score (nSPS) is 19.5. The van der Waals surface area contributed by atoms with Crippen molar-refractivity contribution in [1.29, 1.82) is 0 Å². The van der Waals surface area contributed by atoms with Gasteiger partial charge in [-0.3, -0.25) is 9.59 Å². The summed E-state index contributed by atoms with van der Waals surface area (Å²) in [6.07, 6.45) is 1.56. The molecule has 0 aromatic rings. The molecular weight excluding hydrogens is 210 g/mol. The van der Waals surface area contributed by atoms with Crippen LogP contribution in [0.2, 0.25) is 0 Å². The van der Waals surface area contributed by atoms with Crippen LogP contribution < -0.4 is 0 Å². The van der Waals surface area contributed by atoms with Crippen LogP contribution in [0, 0.1) is 5.41 Å². The van der Waals surface area contributed by atoms with Crippen molar-refractivity contribution in [1.82, 2.24) is 4.90 Å². The Balaban J connectivity index is 2.62. The summed E-state index contributed by atoms with van der Waals surface area (Å²) < 4.78 is 4.95. The third-order valence-electron chi connectivity index (χ3n) is 3.40. The highest BCUT2D eigenvalue weighted by Crippen LogP contribution is 2.35. The second-order valence-electron chi connectivity index (χ2n) is 4.33. The predicted octanol–water partition coefficient (Wildman–Crippen LogP) is 0.736. The van der Waals surface area contributed by atoms with Gasteiger partial charge >= 0.3 is 5.97 Å². The van der Waals surface area contributed by atoms with E-state index >= 15 is 0 Å². The second-order valence-corrected chi connectivity index (χ2v) is 4.33. The molecule has 1 rings (SSSR count). The highest BCUT2D eigenvalue weighted by Gasteiger charge is 2.41. The molecule has 1 fully saturated rings. The van der Waals surface area contributed by atoms with Crippen LogP contribution in [0.1, 0.15) is 26.2 Å². The standard InChI is InChI=1S/C11H19NO4/c1-9(13)12-6-3-11(4-7-12,10(14)15)5-8-16-2/h3-8H2,1-2H3,(H,14,15). The minimum Gasteiger partial charge on any atom is -0.481 e. The van der Waals surface area contributed by atoms with Crippen LogP contribution in [0.4, 0.5) is 0 Å². The number of aliphatic carboxylic acids is 1. The fraction of sp³-hybridized carbons (Fsp3) is 0.818. The summed E-state index contributed by atoms with van der Waals surface area (Å²) in [6.45, 7) is 3.03. The van der Waals surface area contributed by atoms with Crippen molar-refractivity contribution in [2.75, 3.05) is 26.8 Å². The van der Waals surface area contributed by atoms with Gasteiger partial charge in [-0.15, -0.1) is 0 Å². The van der Waals surface area contributed by atoms with Crippen molar-refractivity contribution >= 4 is 11.9 Å². The molecule has 1 N–H and O–H groups in total. The number of methoxy groups -OCH3 is 1. The maximum absolute atomic E-state index is 11.3.